The van der Waals surface area contributed by atoms with E-state index in [1.54, 1.807) is 7.05 Å². The summed E-state index contributed by atoms with van der Waals surface area (Å²) in [5, 5.41) is 6.64. The molecule has 2 aromatic rings. The summed E-state index contributed by atoms with van der Waals surface area (Å²) in [5.74, 6) is 1.66. The van der Waals surface area contributed by atoms with Crippen LogP contribution in [0.15, 0.2) is 65.7 Å². The van der Waals surface area contributed by atoms with Gasteiger partial charge in [-0.15, -0.1) is 0 Å². The maximum atomic E-state index is 5.73. The monoisotopic (exact) mass is 364 g/mol. The van der Waals surface area contributed by atoms with E-state index in [2.05, 4.69) is 76.0 Å². The Labute approximate surface area is 161 Å². The highest BCUT2D eigenvalue weighted by Gasteiger charge is 2.08. The van der Waals surface area contributed by atoms with Crippen LogP contribution in [0.3, 0.4) is 0 Å². The third kappa shape index (κ3) is 5.78. The maximum Gasteiger partial charge on any atom is 0.191 e. The molecule has 2 N–H and O–H groups in total. The van der Waals surface area contributed by atoms with Gasteiger partial charge >= 0.3 is 0 Å². The molecule has 3 rings (SSSR count). The quantitative estimate of drug-likeness (QED) is 0.343. The van der Waals surface area contributed by atoms with Gasteiger partial charge in [-0.2, -0.15) is 0 Å². The largest absolute Gasteiger partial charge is 0.492 e. The molecule has 0 atom stereocenters. The van der Waals surface area contributed by atoms with E-state index < -0.39 is 0 Å². The van der Waals surface area contributed by atoms with Gasteiger partial charge in [0.05, 0.1) is 6.54 Å². The van der Waals surface area contributed by atoms with Crippen molar-refractivity contribution in [3.05, 3.63) is 71.8 Å². The van der Waals surface area contributed by atoms with Crippen molar-refractivity contribution in [1.29, 1.82) is 0 Å². The number of aliphatic imine (C=N–C) groups is 1. The minimum atomic E-state index is 0.585. The smallest absolute Gasteiger partial charge is 0.191 e. The number of ether oxygens (including phenoxy) is 1. The van der Waals surface area contributed by atoms with Crippen molar-refractivity contribution in [2.45, 2.75) is 13.5 Å². The van der Waals surface area contributed by atoms with E-state index >= 15 is 0 Å². The third-order valence-corrected chi connectivity index (χ3v) is 4.46. The van der Waals surface area contributed by atoms with Crippen LogP contribution in [0.4, 0.5) is 5.69 Å². The molecule has 0 radical (unpaired) electrons. The standard InChI is InChI=1S/C22H28N4O/c1-18-8-10-21(11-9-18)27-15-12-24-22(23-2)25-17-19-6-5-7-20(16-19)26-13-3-4-14-26/h3-11,16H,12-15,17H2,1-2H3,(H2,23,24,25). The lowest BCUT2D eigenvalue weighted by Crippen LogP contribution is -2.38. The summed E-state index contributed by atoms with van der Waals surface area (Å²) in [4.78, 5) is 6.62. The average Bonchev–Trinajstić information content (AvgIpc) is 3.24. The molecule has 0 saturated heterocycles. The summed E-state index contributed by atoms with van der Waals surface area (Å²) in [7, 11) is 1.78. The van der Waals surface area contributed by atoms with Crippen LogP contribution < -0.4 is 20.3 Å². The molecule has 0 fully saturated rings. The van der Waals surface area contributed by atoms with Crippen molar-refractivity contribution < 1.29 is 4.74 Å². The van der Waals surface area contributed by atoms with Gasteiger partial charge < -0.3 is 20.3 Å². The van der Waals surface area contributed by atoms with Gasteiger partial charge in [0.2, 0.25) is 0 Å². The first-order valence-electron chi connectivity index (χ1n) is 9.37. The second kappa shape index (κ2) is 9.67. The molecule has 27 heavy (non-hydrogen) atoms. The maximum absolute atomic E-state index is 5.73. The number of nitrogens with one attached hydrogen (secondary N) is 2. The van der Waals surface area contributed by atoms with Crippen LogP contribution in [-0.2, 0) is 6.54 Å². The van der Waals surface area contributed by atoms with Crippen LogP contribution in [0.25, 0.3) is 0 Å². The molecule has 0 bridgehead atoms. The van der Waals surface area contributed by atoms with Gasteiger partial charge in [0, 0.05) is 32.4 Å². The first-order chi connectivity index (χ1) is 13.2. The highest BCUT2D eigenvalue weighted by Crippen LogP contribution is 2.18. The Hall–Kier alpha value is -2.95. The average molecular weight is 364 g/mol. The Morgan fingerprint density at radius 2 is 1.85 bits per heavy atom. The summed E-state index contributed by atoms with van der Waals surface area (Å²) in [6, 6.07) is 16.7. The van der Waals surface area contributed by atoms with Crippen molar-refractivity contribution in [3.8, 4) is 5.75 Å². The molecular formula is C22H28N4O. The molecule has 2 aromatic carbocycles. The van der Waals surface area contributed by atoms with E-state index in [1.807, 2.05) is 12.1 Å². The summed E-state index contributed by atoms with van der Waals surface area (Å²) in [6.45, 7) is 6.04. The van der Waals surface area contributed by atoms with E-state index in [1.165, 1.54) is 16.8 Å². The predicted molar refractivity (Wildman–Crippen MR) is 113 cm³/mol. The number of hydrogen-bond acceptors (Lipinski definition) is 3. The summed E-state index contributed by atoms with van der Waals surface area (Å²) in [5.41, 5.74) is 3.72. The Morgan fingerprint density at radius 3 is 2.59 bits per heavy atom. The summed E-state index contributed by atoms with van der Waals surface area (Å²) >= 11 is 0. The van der Waals surface area contributed by atoms with Crippen molar-refractivity contribution in [1.82, 2.24) is 10.6 Å². The predicted octanol–water partition coefficient (Wildman–Crippen LogP) is 3.12. The molecule has 5 heteroatoms. The molecule has 0 amide bonds. The zero-order chi connectivity index (χ0) is 18.9. The molecule has 1 heterocycles. The lowest BCUT2D eigenvalue weighted by molar-refractivity contribution is 0.322. The second-order valence-corrected chi connectivity index (χ2v) is 6.56. The van der Waals surface area contributed by atoms with Crippen LogP contribution >= 0.6 is 0 Å². The first kappa shape index (κ1) is 18.8. The fourth-order valence-corrected chi connectivity index (χ4v) is 2.93. The van der Waals surface area contributed by atoms with Gasteiger partial charge in [-0.25, -0.2) is 0 Å². The Kier molecular flexibility index (Phi) is 6.74. The van der Waals surface area contributed by atoms with E-state index in [9.17, 15) is 0 Å². The second-order valence-electron chi connectivity index (χ2n) is 6.56. The minimum Gasteiger partial charge on any atom is -0.492 e. The molecule has 0 unspecified atom stereocenters. The van der Waals surface area contributed by atoms with Gasteiger partial charge in [-0.3, -0.25) is 4.99 Å². The molecule has 0 aromatic heterocycles. The van der Waals surface area contributed by atoms with Crippen LogP contribution in [0, 0.1) is 6.92 Å². The van der Waals surface area contributed by atoms with Gasteiger partial charge in [-0.1, -0.05) is 42.0 Å². The number of aryl methyl sites for hydroxylation is 1. The van der Waals surface area contributed by atoms with Crippen LogP contribution in [0.2, 0.25) is 0 Å². The third-order valence-electron chi connectivity index (χ3n) is 4.46. The normalized spacial score (nSPS) is 13.7. The fourth-order valence-electron chi connectivity index (χ4n) is 2.93. The van der Waals surface area contributed by atoms with Gasteiger partial charge in [-0.05, 0) is 36.8 Å². The van der Waals surface area contributed by atoms with Crippen molar-refractivity contribution in [2.24, 2.45) is 4.99 Å². The van der Waals surface area contributed by atoms with E-state index in [0.29, 0.717) is 13.2 Å². The van der Waals surface area contributed by atoms with Gasteiger partial charge in [0.25, 0.3) is 0 Å². The van der Waals surface area contributed by atoms with Gasteiger partial charge in [0.15, 0.2) is 5.96 Å². The van der Waals surface area contributed by atoms with E-state index in [0.717, 1.165) is 31.3 Å². The first-order valence-corrected chi connectivity index (χ1v) is 9.37. The molecule has 0 saturated carbocycles. The number of hydrogen-bond donors (Lipinski definition) is 2. The topological polar surface area (TPSA) is 48.9 Å². The Bertz CT molecular complexity index is 775. The molecule has 5 nitrogen and oxygen atoms in total. The molecule has 1 aliphatic heterocycles. The molecular weight excluding hydrogens is 336 g/mol. The highest BCUT2D eigenvalue weighted by atomic mass is 16.5. The van der Waals surface area contributed by atoms with Crippen LogP contribution in [0.5, 0.6) is 5.75 Å². The Balaban J connectivity index is 1.41. The molecule has 0 aliphatic carbocycles. The number of guanidine groups is 1. The summed E-state index contributed by atoms with van der Waals surface area (Å²) < 4.78 is 5.73. The minimum absolute atomic E-state index is 0.585. The molecule has 0 spiro atoms. The highest BCUT2D eigenvalue weighted by molar-refractivity contribution is 5.79. The van der Waals surface area contributed by atoms with Gasteiger partial charge in [0.1, 0.15) is 12.4 Å². The molecule has 1 aliphatic rings. The summed E-state index contributed by atoms with van der Waals surface area (Å²) in [6.07, 6.45) is 4.41. The van der Waals surface area contributed by atoms with Crippen molar-refractivity contribution in [2.75, 3.05) is 38.2 Å². The molecule has 142 valence electrons. The number of benzene rings is 2. The van der Waals surface area contributed by atoms with Crippen molar-refractivity contribution >= 4 is 11.6 Å². The number of anilines is 1. The zero-order valence-electron chi connectivity index (χ0n) is 16.1. The van der Waals surface area contributed by atoms with Crippen molar-refractivity contribution in [3.63, 3.8) is 0 Å². The Morgan fingerprint density at radius 1 is 1.07 bits per heavy atom. The van der Waals surface area contributed by atoms with Crippen LogP contribution in [0.1, 0.15) is 11.1 Å². The SMILES string of the molecule is CN=C(NCCOc1ccc(C)cc1)NCc1cccc(N2CC=CC2)c1. The van der Waals surface area contributed by atoms with E-state index in [-0.39, 0.29) is 0 Å². The number of nitrogens with zero attached hydrogens (tertiary/aromatic N) is 2. The van der Waals surface area contributed by atoms with E-state index in [4.69, 9.17) is 4.74 Å². The zero-order valence-corrected chi connectivity index (χ0v) is 16.1. The fraction of sp³-hybridized carbons (Fsp3) is 0.318. The lowest BCUT2D eigenvalue weighted by Gasteiger charge is -2.19. The van der Waals surface area contributed by atoms with Crippen LogP contribution in [-0.4, -0.2) is 39.2 Å². The lowest BCUT2D eigenvalue weighted by atomic mass is 10.2. The number of rotatable bonds is 7.